The molecule has 1 aliphatic carbocycles. The summed E-state index contributed by atoms with van der Waals surface area (Å²) in [5.41, 5.74) is 11.3. The number of benzene rings is 1. The summed E-state index contributed by atoms with van der Waals surface area (Å²) in [7, 11) is 0. The van der Waals surface area contributed by atoms with Crippen molar-refractivity contribution >= 4 is 17.3 Å². The van der Waals surface area contributed by atoms with Gasteiger partial charge in [-0.05, 0) is 37.3 Å². The fraction of sp³-hybridized carbons (Fsp3) is 0.500. The van der Waals surface area contributed by atoms with Gasteiger partial charge in [0.25, 0.3) is 5.91 Å². The highest BCUT2D eigenvalue weighted by atomic mass is 19.1. The monoisotopic (exact) mass is 279 g/mol. The second-order valence-electron chi connectivity index (χ2n) is 5.50. The molecule has 1 saturated carbocycles. The third-order valence-electron chi connectivity index (χ3n) is 3.97. The largest absolute Gasteiger partial charge is 0.398 e. The summed E-state index contributed by atoms with van der Waals surface area (Å²) < 4.78 is 19.7. The molecule has 108 valence electrons. The number of nitrogens with one attached hydrogen (secondary N) is 1. The average molecular weight is 279 g/mol. The highest BCUT2D eigenvalue weighted by molar-refractivity contribution is 5.99. The molecule has 2 atom stereocenters. The maximum atomic E-state index is 14.0. The van der Waals surface area contributed by atoms with Crippen molar-refractivity contribution in [1.29, 1.82) is 0 Å². The van der Waals surface area contributed by atoms with Crippen molar-refractivity contribution in [2.45, 2.75) is 31.4 Å². The van der Waals surface area contributed by atoms with Gasteiger partial charge in [-0.2, -0.15) is 0 Å². The van der Waals surface area contributed by atoms with Crippen molar-refractivity contribution in [3.63, 3.8) is 0 Å². The lowest BCUT2D eigenvalue weighted by molar-refractivity contribution is 0.0898. The summed E-state index contributed by atoms with van der Waals surface area (Å²) in [6.07, 6.45) is 3.29. The Labute approximate surface area is 116 Å². The van der Waals surface area contributed by atoms with Crippen LogP contribution in [0.2, 0.25) is 0 Å². The number of hydrogen-bond acceptors (Lipinski definition) is 4. The number of carbonyl (C=O) groups excluding carboxylic acids is 1. The Kier molecular flexibility index (Phi) is 3.25. The number of halogens is 1. The number of carbonyl (C=O) groups is 1. The first-order valence-corrected chi connectivity index (χ1v) is 6.83. The van der Waals surface area contributed by atoms with Crippen LogP contribution in [0.3, 0.4) is 0 Å². The molecule has 3 rings (SSSR count). The number of anilines is 2. The van der Waals surface area contributed by atoms with Crippen LogP contribution in [0, 0.1) is 11.7 Å². The molecule has 2 aliphatic rings. The molecule has 1 aliphatic heterocycles. The van der Waals surface area contributed by atoms with Crippen LogP contribution in [0.4, 0.5) is 15.8 Å². The molecule has 2 fully saturated rings. The minimum Gasteiger partial charge on any atom is -0.398 e. The summed E-state index contributed by atoms with van der Waals surface area (Å²) in [6.45, 7) is 0.679. The van der Waals surface area contributed by atoms with Gasteiger partial charge in [0.05, 0.1) is 23.4 Å². The van der Waals surface area contributed by atoms with E-state index in [0.717, 1.165) is 12.5 Å². The zero-order valence-electron chi connectivity index (χ0n) is 11.1. The van der Waals surface area contributed by atoms with Gasteiger partial charge in [-0.15, -0.1) is 0 Å². The van der Waals surface area contributed by atoms with Gasteiger partial charge in [0.1, 0.15) is 5.82 Å². The maximum Gasteiger partial charge on any atom is 0.250 e. The number of ether oxygens (including phenoxy) is 1. The molecule has 0 spiro atoms. The van der Waals surface area contributed by atoms with Crippen LogP contribution in [-0.4, -0.2) is 24.7 Å². The highest BCUT2D eigenvalue weighted by Crippen LogP contribution is 2.40. The quantitative estimate of drug-likeness (QED) is 0.728. The van der Waals surface area contributed by atoms with E-state index >= 15 is 0 Å². The zero-order valence-corrected chi connectivity index (χ0v) is 11.1. The Hall–Kier alpha value is -1.82. The number of nitrogen functional groups attached to an aromatic ring is 1. The first kappa shape index (κ1) is 13.2. The van der Waals surface area contributed by atoms with Gasteiger partial charge in [-0.3, -0.25) is 4.79 Å². The Morgan fingerprint density at radius 2 is 2.10 bits per heavy atom. The third kappa shape index (κ3) is 2.43. The average Bonchev–Trinajstić information content (AvgIpc) is 3.12. The minimum absolute atomic E-state index is 0.0574. The molecular weight excluding hydrogens is 261 g/mol. The number of nitrogens with two attached hydrogens (primary N) is 2. The van der Waals surface area contributed by atoms with Crippen molar-refractivity contribution in [2.75, 3.05) is 17.7 Å². The summed E-state index contributed by atoms with van der Waals surface area (Å²) >= 11 is 0. The van der Waals surface area contributed by atoms with Crippen molar-refractivity contribution in [3.8, 4) is 0 Å². The molecule has 5 N–H and O–H groups in total. The molecule has 1 heterocycles. The Morgan fingerprint density at radius 3 is 2.75 bits per heavy atom. The maximum absolute atomic E-state index is 14.0. The molecule has 0 radical (unpaired) electrons. The number of rotatable bonds is 4. The van der Waals surface area contributed by atoms with Crippen molar-refractivity contribution in [2.24, 2.45) is 11.7 Å². The molecule has 0 aromatic heterocycles. The third-order valence-corrected chi connectivity index (χ3v) is 3.97. The predicted molar refractivity (Wildman–Crippen MR) is 73.8 cm³/mol. The topological polar surface area (TPSA) is 90.4 Å². The van der Waals surface area contributed by atoms with Gasteiger partial charge in [-0.25, -0.2) is 4.39 Å². The van der Waals surface area contributed by atoms with Gasteiger partial charge >= 0.3 is 0 Å². The molecular formula is C14H18FN3O2. The molecule has 20 heavy (non-hydrogen) atoms. The van der Waals surface area contributed by atoms with E-state index in [1.807, 2.05) is 0 Å². The van der Waals surface area contributed by atoms with Crippen molar-refractivity contribution in [1.82, 2.24) is 0 Å². The van der Waals surface area contributed by atoms with Gasteiger partial charge in [0.2, 0.25) is 0 Å². The summed E-state index contributed by atoms with van der Waals surface area (Å²) in [5.74, 6) is -0.566. The molecule has 0 bridgehead atoms. The number of amides is 1. The van der Waals surface area contributed by atoms with E-state index in [9.17, 15) is 9.18 Å². The summed E-state index contributed by atoms with van der Waals surface area (Å²) in [4.78, 5) is 11.3. The van der Waals surface area contributed by atoms with Crippen LogP contribution in [0.25, 0.3) is 0 Å². The SMILES string of the molecule is NC(=O)c1cc(NC2CCOC2C2CC2)c(F)cc1N. The molecule has 1 aromatic carbocycles. The molecule has 2 unspecified atom stereocenters. The minimum atomic E-state index is -0.660. The summed E-state index contributed by atoms with van der Waals surface area (Å²) in [6, 6.07) is 2.58. The van der Waals surface area contributed by atoms with Crippen LogP contribution >= 0.6 is 0 Å². The van der Waals surface area contributed by atoms with E-state index in [-0.39, 0.29) is 29.1 Å². The van der Waals surface area contributed by atoms with Crippen molar-refractivity contribution < 1.29 is 13.9 Å². The van der Waals surface area contributed by atoms with E-state index in [1.165, 1.54) is 18.9 Å². The number of primary amides is 1. The van der Waals surface area contributed by atoms with Crippen LogP contribution in [0.5, 0.6) is 0 Å². The lowest BCUT2D eigenvalue weighted by Crippen LogP contribution is -2.31. The van der Waals surface area contributed by atoms with E-state index < -0.39 is 11.7 Å². The fourth-order valence-corrected chi connectivity index (χ4v) is 2.77. The lowest BCUT2D eigenvalue weighted by atomic mass is 10.0. The standard InChI is InChI=1S/C14H18FN3O2/c15-9-6-10(16)8(14(17)19)5-12(9)18-11-3-4-20-13(11)7-1-2-7/h5-7,11,13,18H,1-4,16H2,(H2,17,19). The van der Waals surface area contributed by atoms with Crippen LogP contribution in [-0.2, 0) is 4.74 Å². The smallest absolute Gasteiger partial charge is 0.250 e. The molecule has 6 heteroatoms. The Morgan fingerprint density at radius 1 is 1.35 bits per heavy atom. The highest BCUT2D eigenvalue weighted by Gasteiger charge is 2.40. The second kappa shape index (κ2) is 4.94. The van der Waals surface area contributed by atoms with Gasteiger partial charge in [0, 0.05) is 12.3 Å². The normalized spacial score (nSPS) is 25.6. The zero-order chi connectivity index (χ0) is 14.3. The first-order valence-electron chi connectivity index (χ1n) is 6.83. The predicted octanol–water partition coefficient (Wildman–Crippen LogP) is 1.49. The molecule has 1 amide bonds. The Balaban J connectivity index is 1.82. The lowest BCUT2D eigenvalue weighted by Gasteiger charge is -2.21. The van der Waals surface area contributed by atoms with E-state index in [2.05, 4.69) is 5.32 Å². The number of hydrogen-bond donors (Lipinski definition) is 3. The van der Waals surface area contributed by atoms with Crippen molar-refractivity contribution in [3.05, 3.63) is 23.5 Å². The Bertz CT molecular complexity index is 545. The van der Waals surface area contributed by atoms with Crippen LogP contribution in [0.1, 0.15) is 29.6 Å². The van der Waals surface area contributed by atoms with E-state index in [4.69, 9.17) is 16.2 Å². The van der Waals surface area contributed by atoms with Crippen LogP contribution < -0.4 is 16.8 Å². The van der Waals surface area contributed by atoms with E-state index in [0.29, 0.717) is 12.5 Å². The summed E-state index contributed by atoms with van der Waals surface area (Å²) in [5, 5.41) is 3.14. The fourth-order valence-electron chi connectivity index (χ4n) is 2.77. The second-order valence-corrected chi connectivity index (χ2v) is 5.50. The van der Waals surface area contributed by atoms with Crippen LogP contribution in [0.15, 0.2) is 12.1 Å². The molecule has 5 nitrogen and oxygen atoms in total. The van der Waals surface area contributed by atoms with E-state index in [1.54, 1.807) is 0 Å². The first-order chi connectivity index (χ1) is 9.56. The molecule has 1 aromatic rings. The van der Waals surface area contributed by atoms with Gasteiger partial charge in [-0.1, -0.05) is 0 Å². The van der Waals surface area contributed by atoms with Gasteiger partial charge < -0.3 is 21.5 Å². The van der Waals surface area contributed by atoms with Gasteiger partial charge in [0.15, 0.2) is 0 Å². The molecule has 1 saturated heterocycles.